The summed E-state index contributed by atoms with van der Waals surface area (Å²) in [6.45, 7) is 2.74. The van der Waals surface area contributed by atoms with Crippen molar-refractivity contribution in [3.05, 3.63) is 68.4 Å². The van der Waals surface area contributed by atoms with Crippen LogP contribution >= 0.6 is 34.8 Å². The van der Waals surface area contributed by atoms with Gasteiger partial charge in [0, 0.05) is 21.1 Å². The zero-order valence-corrected chi connectivity index (χ0v) is 13.7. The number of benzene rings is 2. The monoisotopic (exact) mass is 345 g/mol. The number of hydrogen-bond donors (Lipinski definition) is 1. The van der Waals surface area contributed by atoms with E-state index in [0.29, 0.717) is 27.1 Å². The van der Waals surface area contributed by atoms with Gasteiger partial charge >= 0.3 is 0 Å². The minimum Gasteiger partial charge on any atom is -0.310 e. The number of nitrogens with one attached hydrogen (secondary N) is 1. The molecular weight excluding hydrogens is 332 g/mol. The molecule has 0 saturated carbocycles. The van der Waals surface area contributed by atoms with E-state index in [-0.39, 0.29) is 11.9 Å². The fourth-order valence-electron chi connectivity index (χ4n) is 2.23. The second-order valence-corrected chi connectivity index (χ2v) is 6.00. The molecule has 0 aliphatic heterocycles. The molecule has 1 atom stereocenters. The predicted molar refractivity (Wildman–Crippen MR) is 88.0 cm³/mol. The Morgan fingerprint density at radius 1 is 1.05 bits per heavy atom. The lowest BCUT2D eigenvalue weighted by Crippen LogP contribution is -2.23. The van der Waals surface area contributed by atoms with Crippen LogP contribution in [-0.2, 0) is 6.42 Å². The van der Waals surface area contributed by atoms with Gasteiger partial charge in [0.25, 0.3) is 0 Å². The molecule has 0 aliphatic rings. The second kappa shape index (κ2) is 7.46. The van der Waals surface area contributed by atoms with E-state index in [1.165, 1.54) is 6.07 Å². The molecule has 0 aromatic heterocycles. The maximum atomic E-state index is 14.0. The molecule has 1 N–H and O–H groups in total. The SMILES string of the molecule is CCNC(Cc1ccc(Cl)cc1F)c1ccc(Cl)cc1Cl. The third-order valence-corrected chi connectivity index (χ3v) is 4.03. The van der Waals surface area contributed by atoms with Crippen molar-refractivity contribution in [2.24, 2.45) is 0 Å². The Kier molecular flexibility index (Phi) is 5.88. The highest BCUT2D eigenvalue weighted by molar-refractivity contribution is 6.35. The Balaban J connectivity index is 2.30. The molecule has 0 fully saturated rings. The maximum Gasteiger partial charge on any atom is 0.127 e. The summed E-state index contributed by atoms with van der Waals surface area (Å²) in [6, 6.07) is 9.97. The van der Waals surface area contributed by atoms with E-state index in [9.17, 15) is 4.39 Å². The Labute approximate surface area is 139 Å². The summed E-state index contributed by atoms with van der Waals surface area (Å²) in [7, 11) is 0. The van der Waals surface area contributed by atoms with Gasteiger partial charge in [-0.15, -0.1) is 0 Å². The summed E-state index contributed by atoms with van der Waals surface area (Å²) in [5.41, 5.74) is 1.49. The van der Waals surface area contributed by atoms with Crippen molar-refractivity contribution < 1.29 is 4.39 Å². The predicted octanol–water partition coefficient (Wildman–Crippen LogP) is 5.68. The number of rotatable bonds is 5. The van der Waals surface area contributed by atoms with Gasteiger partial charge in [-0.2, -0.15) is 0 Å². The van der Waals surface area contributed by atoms with Gasteiger partial charge in [-0.25, -0.2) is 4.39 Å². The molecule has 0 heterocycles. The van der Waals surface area contributed by atoms with Crippen molar-refractivity contribution in [3.63, 3.8) is 0 Å². The molecule has 1 nitrogen and oxygen atoms in total. The summed E-state index contributed by atoms with van der Waals surface area (Å²) < 4.78 is 14.0. The number of hydrogen-bond acceptors (Lipinski definition) is 1. The summed E-state index contributed by atoms with van der Waals surface area (Å²) in [4.78, 5) is 0. The van der Waals surface area contributed by atoms with Crippen molar-refractivity contribution in [2.75, 3.05) is 6.54 Å². The zero-order valence-electron chi connectivity index (χ0n) is 11.5. The Bertz CT molecular complexity index is 631. The van der Waals surface area contributed by atoms with Crippen LogP contribution in [-0.4, -0.2) is 6.54 Å². The first kappa shape index (κ1) is 16.6. The van der Waals surface area contributed by atoms with Crippen LogP contribution in [0, 0.1) is 5.82 Å². The van der Waals surface area contributed by atoms with Gasteiger partial charge < -0.3 is 5.32 Å². The molecule has 1 unspecified atom stereocenters. The molecule has 112 valence electrons. The van der Waals surface area contributed by atoms with E-state index in [0.717, 1.165) is 12.1 Å². The molecule has 0 amide bonds. The first-order valence-electron chi connectivity index (χ1n) is 6.63. The quantitative estimate of drug-likeness (QED) is 0.734. The third-order valence-electron chi connectivity index (χ3n) is 3.23. The van der Waals surface area contributed by atoms with Crippen molar-refractivity contribution in [3.8, 4) is 0 Å². The van der Waals surface area contributed by atoms with Crippen molar-refractivity contribution in [1.82, 2.24) is 5.32 Å². The van der Waals surface area contributed by atoms with E-state index >= 15 is 0 Å². The fourth-order valence-corrected chi connectivity index (χ4v) is 2.93. The minimum atomic E-state index is -0.310. The normalized spacial score (nSPS) is 12.4. The van der Waals surface area contributed by atoms with Crippen molar-refractivity contribution >= 4 is 34.8 Å². The third kappa shape index (κ3) is 4.33. The molecular formula is C16H15Cl3FN. The fraction of sp³-hybridized carbons (Fsp3) is 0.250. The number of halogens is 4. The number of likely N-dealkylation sites (N-methyl/N-ethyl adjacent to an activating group) is 1. The van der Waals surface area contributed by atoms with E-state index in [4.69, 9.17) is 34.8 Å². The van der Waals surface area contributed by atoms with E-state index in [1.807, 2.05) is 13.0 Å². The average Bonchev–Trinajstić information content (AvgIpc) is 2.41. The van der Waals surface area contributed by atoms with E-state index in [1.54, 1.807) is 24.3 Å². The molecule has 2 aromatic carbocycles. The van der Waals surface area contributed by atoms with Crippen molar-refractivity contribution in [1.29, 1.82) is 0 Å². The molecule has 0 radical (unpaired) electrons. The molecule has 0 bridgehead atoms. The van der Waals surface area contributed by atoms with Gasteiger partial charge in [-0.1, -0.05) is 53.9 Å². The van der Waals surface area contributed by atoms with Crippen molar-refractivity contribution in [2.45, 2.75) is 19.4 Å². The van der Waals surface area contributed by atoms with Crippen LogP contribution in [0.15, 0.2) is 36.4 Å². The van der Waals surface area contributed by atoms with Gasteiger partial charge in [-0.05, 0) is 48.4 Å². The van der Waals surface area contributed by atoms with Crippen LogP contribution in [0.3, 0.4) is 0 Å². The molecule has 0 aliphatic carbocycles. The standard InChI is InChI=1S/C16H15Cl3FN/c1-2-21-16(13-6-5-11(17)8-14(13)19)7-10-3-4-12(18)9-15(10)20/h3-6,8-9,16,21H,2,7H2,1H3. The molecule has 0 spiro atoms. The second-order valence-electron chi connectivity index (χ2n) is 4.72. The Hall–Kier alpha value is -0.800. The van der Waals surface area contributed by atoms with Gasteiger partial charge in [0.15, 0.2) is 0 Å². The highest BCUT2D eigenvalue weighted by Gasteiger charge is 2.17. The van der Waals surface area contributed by atoms with Gasteiger partial charge in [0.1, 0.15) is 5.82 Å². The van der Waals surface area contributed by atoms with Crippen LogP contribution in [0.1, 0.15) is 24.1 Å². The van der Waals surface area contributed by atoms with Crippen LogP contribution in [0.2, 0.25) is 15.1 Å². The van der Waals surface area contributed by atoms with Gasteiger partial charge in [-0.3, -0.25) is 0 Å². The Morgan fingerprint density at radius 2 is 1.71 bits per heavy atom. The molecule has 2 rings (SSSR count). The van der Waals surface area contributed by atoms with Gasteiger partial charge in [0.05, 0.1) is 0 Å². The first-order chi connectivity index (χ1) is 10.0. The average molecular weight is 347 g/mol. The van der Waals surface area contributed by atoms with Crippen LogP contribution in [0.25, 0.3) is 0 Å². The van der Waals surface area contributed by atoms with Crippen LogP contribution in [0.4, 0.5) is 4.39 Å². The minimum absolute atomic E-state index is 0.0876. The molecule has 2 aromatic rings. The van der Waals surface area contributed by atoms with Gasteiger partial charge in [0.2, 0.25) is 0 Å². The lowest BCUT2D eigenvalue weighted by Gasteiger charge is -2.20. The summed E-state index contributed by atoms with van der Waals surface area (Å²) in [6.07, 6.45) is 0.484. The highest BCUT2D eigenvalue weighted by Crippen LogP contribution is 2.29. The van der Waals surface area contributed by atoms with E-state index in [2.05, 4.69) is 5.32 Å². The molecule has 21 heavy (non-hydrogen) atoms. The molecule has 0 saturated heterocycles. The molecule has 5 heteroatoms. The maximum absolute atomic E-state index is 14.0. The summed E-state index contributed by atoms with van der Waals surface area (Å²) in [5, 5.41) is 4.86. The zero-order chi connectivity index (χ0) is 15.4. The summed E-state index contributed by atoms with van der Waals surface area (Å²) in [5.74, 6) is -0.310. The Morgan fingerprint density at radius 3 is 2.33 bits per heavy atom. The highest BCUT2D eigenvalue weighted by atomic mass is 35.5. The lowest BCUT2D eigenvalue weighted by molar-refractivity contribution is 0.528. The smallest absolute Gasteiger partial charge is 0.127 e. The van der Waals surface area contributed by atoms with Crippen LogP contribution in [0.5, 0.6) is 0 Å². The topological polar surface area (TPSA) is 12.0 Å². The first-order valence-corrected chi connectivity index (χ1v) is 7.77. The van der Waals surface area contributed by atoms with E-state index < -0.39 is 0 Å². The largest absolute Gasteiger partial charge is 0.310 e. The van der Waals surface area contributed by atoms with Crippen LogP contribution < -0.4 is 5.32 Å². The lowest BCUT2D eigenvalue weighted by atomic mass is 9.98. The summed E-state index contributed by atoms with van der Waals surface area (Å²) >= 11 is 18.0.